The number of hydrogen-bond donors (Lipinski definition) is 1. The topological polar surface area (TPSA) is 82.3 Å². The maximum absolute atomic E-state index is 12.4. The molecule has 7 nitrogen and oxygen atoms in total. The third-order valence-electron chi connectivity index (χ3n) is 5.71. The minimum atomic E-state index is -0.842. The van der Waals surface area contributed by atoms with Crippen LogP contribution in [-0.4, -0.2) is 33.2 Å². The minimum absolute atomic E-state index is 0.0331. The molecule has 1 aliphatic rings. The molecular formula is C21H29N3O4. The predicted octanol–water partition coefficient (Wildman–Crippen LogP) is 2.36. The quantitative estimate of drug-likeness (QED) is 0.772. The van der Waals surface area contributed by atoms with Crippen molar-refractivity contribution in [3.63, 3.8) is 0 Å². The highest BCUT2D eigenvalue weighted by atomic mass is 16.5. The van der Waals surface area contributed by atoms with Crippen LogP contribution in [0.2, 0.25) is 0 Å². The number of ether oxygens (including phenoxy) is 1. The Hall–Kier alpha value is -2.57. The van der Waals surface area contributed by atoms with Crippen molar-refractivity contribution in [1.29, 1.82) is 0 Å². The van der Waals surface area contributed by atoms with Gasteiger partial charge in [-0.25, -0.2) is 4.79 Å². The summed E-state index contributed by atoms with van der Waals surface area (Å²) in [6.07, 6.45) is 3.59. The Morgan fingerprint density at radius 2 is 1.89 bits per heavy atom. The van der Waals surface area contributed by atoms with E-state index in [9.17, 15) is 14.4 Å². The number of carbonyl (C=O) groups excluding carboxylic acids is 2. The van der Waals surface area contributed by atoms with Gasteiger partial charge in [-0.2, -0.15) is 0 Å². The second-order valence-electron chi connectivity index (χ2n) is 7.74. The molecule has 1 saturated carbocycles. The molecule has 0 bridgehead atoms. The number of aromatic nitrogens is 2. The fourth-order valence-electron chi connectivity index (χ4n) is 3.92. The van der Waals surface area contributed by atoms with Crippen molar-refractivity contribution in [2.24, 2.45) is 13.0 Å². The zero-order valence-electron chi connectivity index (χ0n) is 16.8. The highest BCUT2D eigenvalue weighted by molar-refractivity contribution is 5.83. The van der Waals surface area contributed by atoms with E-state index in [1.165, 1.54) is 6.42 Å². The summed E-state index contributed by atoms with van der Waals surface area (Å²) in [6.45, 7) is 3.94. The molecule has 0 radical (unpaired) electrons. The van der Waals surface area contributed by atoms with Crippen LogP contribution in [-0.2, 0) is 27.9 Å². The molecule has 1 N–H and O–H groups in total. The Balaban J connectivity index is 1.55. The van der Waals surface area contributed by atoms with Crippen molar-refractivity contribution in [2.45, 2.75) is 64.6 Å². The average molecular weight is 387 g/mol. The van der Waals surface area contributed by atoms with Crippen molar-refractivity contribution >= 4 is 22.9 Å². The third kappa shape index (κ3) is 4.29. The molecule has 7 heteroatoms. The number of carbonyl (C=O) groups is 2. The number of hydrogen-bond acceptors (Lipinski definition) is 4. The molecule has 3 unspecified atom stereocenters. The molecule has 0 aliphatic heterocycles. The second kappa shape index (κ2) is 8.63. The summed E-state index contributed by atoms with van der Waals surface area (Å²) in [5.41, 5.74) is 1.42. The van der Waals surface area contributed by atoms with Gasteiger partial charge in [-0.15, -0.1) is 0 Å². The fourth-order valence-corrected chi connectivity index (χ4v) is 3.92. The number of benzene rings is 1. The smallest absolute Gasteiger partial charge is 0.328 e. The van der Waals surface area contributed by atoms with Crippen LogP contribution in [0.25, 0.3) is 11.0 Å². The maximum Gasteiger partial charge on any atom is 0.328 e. The number of esters is 1. The monoisotopic (exact) mass is 387 g/mol. The highest BCUT2D eigenvalue weighted by Gasteiger charge is 2.26. The zero-order chi connectivity index (χ0) is 20.3. The number of fused-ring (bicyclic) bond motifs is 1. The Morgan fingerprint density at radius 3 is 2.61 bits per heavy atom. The number of nitrogens with one attached hydrogen (secondary N) is 1. The van der Waals surface area contributed by atoms with E-state index in [0.29, 0.717) is 5.92 Å². The first-order chi connectivity index (χ1) is 13.4. The van der Waals surface area contributed by atoms with Crippen LogP contribution in [0, 0.1) is 5.92 Å². The first kappa shape index (κ1) is 20.2. The SMILES string of the molecule is CC(OC(=O)CCn1c(=O)n(C)c2ccccc21)C(=O)NC1CCCCC1C. The van der Waals surface area contributed by atoms with Gasteiger partial charge in [0, 0.05) is 19.6 Å². The van der Waals surface area contributed by atoms with Crippen LogP contribution < -0.4 is 11.0 Å². The summed E-state index contributed by atoms with van der Waals surface area (Å²) in [4.78, 5) is 37.0. The van der Waals surface area contributed by atoms with Gasteiger partial charge in [0.15, 0.2) is 6.10 Å². The minimum Gasteiger partial charge on any atom is -0.452 e. The summed E-state index contributed by atoms with van der Waals surface area (Å²) >= 11 is 0. The van der Waals surface area contributed by atoms with Gasteiger partial charge in [0.05, 0.1) is 17.5 Å². The molecule has 1 aromatic carbocycles. The van der Waals surface area contributed by atoms with Gasteiger partial charge in [-0.1, -0.05) is 31.9 Å². The van der Waals surface area contributed by atoms with E-state index in [-0.39, 0.29) is 30.6 Å². The van der Waals surface area contributed by atoms with Gasteiger partial charge < -0.3 is 10.1 Å². The summed E-state index contributed by atoms with van der Waals surface area (Å²) in [6, 6.07) is 7.59. The maximum atomic E-state index is 12.4. The molecule has 3 rings (SSSR count). The molecule has 1 amide bonds. The van der Waals surface area contributed by atoms with Crippen LogP contribution >= 0.6 is 0 Å². The summed E-state index contributed by atoms with van der Waals surface area (Å²) < 4.78 is 8.41. The van der Waals surface area contributed by atoms with E-state index in [1.54, 1.807) is 23.1 Å². The van der Waals surface area contributed by atoms with E-state index in [0.717, 1.165) is 30.3 Å². The standard InChI is InChI=1S/C21H29N3O4/c1-14-8-4-5-9-16(14)22-20(26)15(2)28-19(25)12-13-24-18-11-7-6-10-17(18)23(3)21(24)27/h6-7,10-11,14-16H,4-5,8-9,12-13H2,1-3H3,(H,22,26). The molecule has 1 heterocycles. The number of aryl methyl sites for hydroxylation is 2. The van der Waals surface area contributed by atoms with E-state index in [2.05, 4.69) is 12.2 Å². The molecule has 0 saturated heterocycles. The molecule has 3 atom stereocenters. The van der Waals surface area contributed by atoms with Gasteiger partial charge in [0.2, 0.25) is 0 Å². The lowest BCUT2D eigenvalue weighted by Gasteiger charge is -2.30. The molecular weight excluding hydrogens is 358 g/mol. The molecule has 2 aromatic rings. The lowest BCUT2D eigenvalue weighted by Crippen LogP contribution is -2.46. The van der Waals surface area contributed by atoms with Crippen LogP contribution in [0.4, 0.5) is 0 Å². The Bertz CT molecular complexity index is 914. The summed E-state index contributed by atoms with van der Waals surface area (Å²) in [5, 5.41) is 3.01. The molecule has 0 spiro atoms. The molecule has 1 aliphatic carbocycles. The largest absolute Gasteiger partial charge is 0.452 e. The fraction of sp³-hybridized carbons (Fsp3) is 0.571. The molecule has 1 aromatic heterocycles. The lowest BCUT2D eigenvalue weighted by atomic mass is 9.86. The summed E-state index contributed by atoms with van der Waals surface area (Å²) in [7, 11) is 1.71. The van der Waals surface area contributed by atoms with Crippen molar-refractivity contribution < 1.29 is 14.3 Å². The van der Waals surface area contributed by atoms with Crippen molar-refractivity contribution in [1.82, 2.24) is 14.5 Å². The lowest BCUT2D eigenvalue weighted by molar-refractivity contribution is -0.155. The Morgan fingerprint density at radius 1 is 1.21 bits per heavy atom. The van der Waals surface area contributed by atoms with E-state index in [4.69, 9.17) is 4.74 Å². The Labute approximate surface area is 164 Å². The highest BCUT2D eigenvalue weighted by Crippen LogP contribution is 2.23. The van der Waals surface area contributed by atoms with E-state index < -0.39 is 12.1 Å². The van der Waals surface area contributed by atoms with Gasteiger partial charge in [-0.3, -0.25) is 18.7 Å². The number of rotatable bonds is 6. The first-order valence-corrected chi connectivity index (χ1v) is 10.0. The third-order valence-corrected chi connectivity index (χ3v) is 5.71. The molecule has 1 fully saturated rings. The average Bonchev–Trinajstić information content (AvgIpc) is 2.92. The van der Waals surface area contributed by atoms with E-state index >= 15 is 0 Å². The molecule has 152 valence electrons. The van der Waals surface area contributed by atoms with Gasteiger partial charge in [0.25, 0.3) is 5.91 Å². The Kier molecular flexibility index (Phi) is 6.21. The normalized spacial score (nSPS) is 20.7. The second-order valence-corrected chi connectivity index (χ2v) is 7.74. The number of para-hydroxylation sites is 2. The van der Waals surface area contributed by atoms with Crippen molar-refractivity contribution in [3.05, 3.63) is 34.7 Å². The van der Waals surface area contributed by atoms with Crippen molar-refractivity contribution in [2.75, 3.05) is 0 Å². The van der Waals surface area contributed by atoms with Gasteiger partial charge >= 0.3 is 11.7 Å². The van der Waals surface area contributed by atoms with Gasteiger partial charge in [0.1, 0.15) is 0 Å². The van der Waals surface area contributed by atoms with Gasteiger partial charge in [-0.05, 0) is 37.8 Å². The number of imidazole rings is 1. The number of nitrogens with zero attached hydrogens (tertiary/aromatic N) is 2. The van der Waals surface area contributed by atoms with Crippen LogP contribution in [0.1, 0.15) is 46.0 Å². The first-order valence-electron chi connectivity index (χ1n) is 10.0. The number of amides is 1. The van der Waals surface area contributed by atoms with E-state index in [1.807, 2.05) is 24.3 Å². The summed E-state index contributed by atoms with van der Waals surface area (Å²) in [5.74, 6) is -0.299. The van der Waals surface area contributed by atoms with Crippen LogP contribution in [0.3, 0.4) is 0 Å². The molecule has 28 heavy (non-hydrogen) atoms. The van der Waals surface area contributed by atoms with Crippen molar-refractivity contribution in [3.8, 4) is 0 Å². The van der Waals surface area contributed by atoms with Crippen LogP contribution in [0.15, 0.2) is 29.1 Å². The zero-order valence-corrected chi connectivity index (χ0v) is 16.8. The predicted molar refractivity (Wildman–Crippen MR) is 107 cm³/mol. The van der Waals surface area contributed by atoms with Crippen LogP contribution in [0.5, 0.6) is 0 Å².